The molecule has 3 unspecified atom stereocenters. The lowest BCUT2D eigenvalue weighted by Gasteiger charge is -2.27. The maximum Gasteiger partial charge on any atom is 0.0726 e. The highest BCUT2D eigenvalue weighted by Gasteiger charge is 2.27. The van der Waals surface area contributed by atoms with Gasteiger partial charge in [0.25, 0.3) is 0 Å². The summed E-state index contributed by atoms with van der Waals surface area (Å²) in [6.07, 6.45) is 8.67. The number of rotatable bonds is 4. The maximum absolute atomic E-state index is 5.72. The molecule has 1 heterocycles. The molecule has 2 heteroatoms. The minimum atomic E-state index is 0.467. The van der Waals surface area contributed by atoms with E-state index in [2.05, 4.69) is 19.2 Å². The third-order valence-corrected chi connectivity index (χ3v) is 4.16. The van der Waals surface area contributed by atoms with Gasteiger partial charge in [0, 0.05) is 18.7 Å². The molecule has 15 heavy (non-hydrogen) atoms. The minimum absolute atomic E-state index is 0.467. The Kier molecular flexibility index (Phi) is 4.04. The molecule has 1 saturated carbocycles. The first-order valence-electron chi connectivity index (χ1n) is 6.65. The van der Waals surface area contributed by atoms with Crippen molar-refractivity contribution >= 4 is 0 Å². The summed E-state index contributed by atoms with van der Waals surface area (Å²) < 4.78 is 5.72. The summed E-state index contributed by atoms with van der Waals surface area (Å²) in [5, 5.41) is 3.74. The van der Waals surface area contributed by atoms with Crippen LogP contribution in [0.3, 0.4) is 0 Å². The molecule has 2 rings (SSSR count). The molecule has 0 spiro atoms. The van der Waals surface area contributed by atoms with Crippen LogP contribution < -0.4 is 5.32 Å². The van der Waals surface area contributed by atoms with Gasteiger partial charge in [0.05, 0.1) is 6.10 Å². The van der Waals surface area contributed by atoms with Crippen LogP contribution in [0.2, 0.25) is 0 Å². The van der Waals surface area contributed by atoms with Gasteiger partial charge in [-0.25, -0.2) is 0 Å². The van der Waals surface area contributed by atoms with E-state index in [0.717, 1.165) is 12.5 Å². The van der Waals surface area contributed by atoms with Crippen LogP contribution in [0.15, 0.2) is 0 Å². The van der Waals surface area contributed by atoms with Gasteiger partial charge in [-0.2, -0.15) is 0 Å². The highest BCUT2D eigenvalue weighted by atomic mass is 16.5. The average molecular weight is 211 g/mol. The molecular formula is C13H25NO. The van der Waals surface area contributed by atoms with Crippen LogP contribution in [0, 0.1) is 5.92 Å². The first-order chi connectivity index (χ1) is 7.27. The van der Waals surface area contributed by atoms with Gasteiger partial charge in [0.15, 0.2) is 0 Å². The predicted molar refractivity (Wildman–Crippen MR) is 63.0 cm³/mol. The van der Waals surface area contributed by atoms with E-state index in [1.54, 1.807) is 0 Å². The zero-order valence-electron chi connectivity index (χ0n) is 10.2. The van der Waals surface area contributed by atoms with Crippen molar-refractivity contribution in [2.75, 3.05) is 6.61 Å². The van der Waals surface area contributed by atoms with E-state index in [0.29, 0.717) is 18.2 Å². The molecule has 0 radical (unpaired) electrons. The lowest BCUT2D eigenvalue weighted by Crippen LogP contribution is -2.44. The number of hydrogen-bond donors (Lipinski definition) is 1. The molecule has 1 saturated heterocycles. The molecule has 1 N–H and O–H groups in total. The molecule has 3 atom stereocenters. The molecular weight excluding hydrogens is 186 g/mol. The van der Waals surface area contributed by atoms with Gasteiger partial charge in [-0.15, -0.1) is 0 Å². The fraction of sp³-hybridized carbons (Fsp3) is 1.00. The highest BCUT2D eigenvalue weighted by molar-refractivity contribution is 4.83. The number of nitrogens with one attached hydrogen (secondary N) is 1. The maximum atomic E-state index is 5.72. The fourth-order valence-corrected chi connectivity index (χ4v) is 3.11. The van der Waals surface area contributed by atoms with Crippen molar-refractivity contribution in [3.05, 3.63) is 0 Å². The number of hydrogen-bond acceptors (Lipinski definition) is 2. The molecule has 0 bridgehead atoms. The normalized spacial score (nSPS) is 32.0. The Balaban J connectivity index is 1.74. The van der Waals surface area contributed by atoms with Crippen LogP contribution >= 0.6 is 0 Å². The molecule has 1 aliphatic heterocycles. The van der Waals surface area contributed by atoms with E-state index in [-0.39, 0.29) is 0 Å². The summed E-state index contributed by atoms with van der Waals surface area (Å²) >= 11 is 0. The third kappa shape index (κ3) is 2.94. The van der Waals surface area contributed by atoms with Crippen molar-refractivity contribution in [1.82, 2.24) is 5.32 Å². The Morgan fingerprint density at radius 3 is 2.33 bits per heavy atom. The third-order valence-electron chi connectivity index (χ3n) is 4.16. The molecule has 2 nitrogen and oxygen atoms in total. The van der Waals surface area contributed by atoms with Crippen molar-refractivity contribution in [2.24, 2.45) is 5.92 Å². The van der Waals surface area contributed by atoms with E-state index in [1.807, 2.05) is 0 Å². The van der Waals surface area contributed by atoms with Crippen molar-refractivity contribution < 1.29 is 4.74 Å². The van der Waals surface area contributed by atoms with E-state index < -0.39 is 0 Å². The summed E-state index contributed by atoms with van der Waals surface area (Å²) in [5.74, 6) is 0.911. The Hall–Kier alpha value is -0.0800. The highest BCUT2D eigenvalue weighted by Crippen LogP contribution is 2.28. The van der Waals surface area contributed by atoms with Gasteiger partial charge in [0.2, 0.25) is 0 Å². The zero-order valence-corrected chi connectivity index (χ0v) is 10.2. The van der Waals surface area contributed by atoms with Crippen molar-refractivity contribution in [3.8, 4) is 0 Å². The van der Waals surface area contributed by atoms with Crippen LogP contribution in [-0.2, 0) is 4.74 Å². The first-order valence-corrected chi connectivity index (χ1v) is 6.65. The van der Waals surface area contributed by atoms with Gasteiger partial charge < -0.3 is 10.1 Å². The summed E-state index contributed by atoms with van der Waals surface area (Å²) in [6, 6.07) is 1.20. The topological polar surface area (TPSA) is 21.3 Å². The summed E-state index contributed by atoms with van der Waals surface area (Å²) in [4.78, 5) is 0. The number of ether oxygens (including phenoxy) is 1. The van der Waals surface area contributed by atoms with Crippen LogP contribution in [0.5, 0.6) is 0 Å². The SMILES string of the molecule is CC(NC(C)C1CCCO1)C1CCCC1. The molecule has 1 aliphatic carbocycles. The fourth-order valence-electron chi connectivity index (χ4n) is 3.11. The lowest BCUT2D eigenvalue weighted by atomic mass is 9.98. The van der Waals surface area contributed by atoms with Crippen LogP contribution in [0.1, 0.15) is 52.4 Å². The molecule has 0 aromatic heterocycles. The Labute approximate surface area is 93.8 Å². The summed E-state index contributed by atoms with van der Waals surface area (Å²) in [6.45, 7) is 5.59. The Bertz CT molecular complexity index is 163. The molecule has 0 amide bonds. The second-order valence-electron chi connectivity index (χ2n) is 5.34. The van der Waals surface area contributed by atoms with Crippen molar-refractivity contribution in [1.29, 1.82) is 0 Å². The standard InChI is InChI=1S/C13H25NO/c1-10(12-6-3-4-7-12)14-11(2)13-8-5-9-15-13/h10-14H,3-9H2,1-2H3. The smallest absolute Gasteiger partial charge is 0.0726 e. The first kappa shape index (κ1) is 11.4. The van der Waals surface area contributed by atoms with E-state index >= 15 is 0 Å². The largest absolute Gasteiger partial charge is 0.377 e. The second-order valence-corrected chi connectivity index (χ2v) is 5.34. The second kappa shape index (κ2) is 5.31. The zero-order chi connectivity index (χ0) is 10.7. The minimum Gasteiger partial charge on any atom is -0.377 e. The van der Waals surface area contributed by atoms with Gasteiger partial charge in [-0.3, -0.25) is 0 Å². The van der Waals surface area contributed by atoms with Gasteiger partial charge in [-0.1, -0.05) is 12.8 Å². The lowest BCUT2D eigenvalue weighted by molar-refractivity contribution is 0.0774. The van der Waals surface area contributed by atoms with Crippen molar-refractivity contribution in [3.63, 3.8) is 0 Å². The monoisotopic (exact) mass is 211 g/mol. The van der Waals surface area contributed by atoms with Crippen LogP contribution in [0.25, 0.3) is 0 Å². The van der Waals surface area contributed by atoms with Crippen molar-refractivity contribution in [2.45, 2.75) is 70.6 Å². The molecule has 2 aliphatic rings. The molecule has 0 aromatic carbocycles. The predicted octanol–water partition coefficient (Wildman–Crippen LogP) is 2.72. The average Bonchev–Trinajstić information content (AvgIpc) is 2.91. The van der Waals surface area contributed by atoms with E-state index in [1.165, 1.54) is 38.5 Å². The molecule has 88 valence electrons. The summed E-state index contributed by atoms with van der Waals surface area (Å²) in [7, 11) is 0. The Morgan fingerprint density at radius 1 is 1.00 bits per heavy atom. The van der Waals surface area contributed by atoms with E-state index in [4.69, 9.17) is 4.74 Å². The summed E-state index contributed by atoms with van der Waals surface area (Å²) in [5.41, 5.74) is 0. The van der Waals surface area contributed by atoms with Gasteiger partial charge >= 0.3 is 0 Å². The van der Waals surface area contributed by atoms with Crippen LogP contribution in [-0.4, -0.2) is 24.8 Å². The molecule has 0 aromatic rings. The van der Waals surface area contributed by atoms with Gasteiger partial charge in [0.1, 0.15) is 0 Å². The van der Waals surface area contributed by atoms with Crippen LogP contribution in [0.4, 0.5) is 0 Å². The van der Waals surface area contributed by atoms with E-state index in [9.17, 15) is 0 Å². The molecule has 2 fully saturated rings. The van der Waals surface area contributed by atoms with Gasteiger partial charge in [-0.05, 0) is 45.4 Å². The Morgan fingerprint density at radius 2 is 1.73 bits per heavy atom. The quantitative estimate of drug-likeness (QED) is 0.772.